The van der Waals surface area contributed by atoms with E-state index in [0.717, 1.165) is 29.2 Å². The lowest BCUT2D eigenvalue weighted by atomic mass is 9.74. The molecule has 2 aliphatic rings. The third kappa shape index (κ3) is 5.53. The lowest BCUT2D eigenvalue weighted by molar-refractivity contribution is -0.271. The van der Waals surface area contributed by atoms with Crippen LogP contribution in [0.1, 0.15) is 35.4 Å². The quantitative estimate of drug-likeness (QED) is 0.348. The third-order valence-corrected chi connectivity index (χ3v) is 8.28. The molecule has 222 valence electrons. The Morgan fingerprint density at radius 2 is 1.74 bits per heavy atom. The van der Waals surface area contributed by atoms with Crippen molar-refractivity contribution in [1.82, 2.24) is 10.2 Å². The summed E-state index contributed by atoms with van der Waals surface area (Å²) in [5, 5.41) is 2.78. The van der Waals surface area contributed by atoms with E-state index in [1.165, 1.54) is 18.2 Å². The fourth-order valence-electron chi connectivity index (χ4n) is 5.89. The standard InChI is InChI=1S/C31H30ClF3N2O5/c1-40-30(31(33,34)35,22-10-7-11-23(32)18-22)27(38)37-16-14-29(15-17-37)25(19-36-28(39)42-29)24-12-5-6-13-26(24)41-20-21-8-3-2-4-9-21/h2-13,18,25H,14-17,19-20H2,1H3,(H,36,39)/t25-,30+/m1/s1. The first-order valence-electron chi connectivity index (χ1n) is 13.5. The fraction of sp³-hybridized carbons (Fsp3) is 0.355. The number of piperidine rings is 1. The Morgan fingerprint density at radius 1 is 1.05 bits per heavy atom. The van der Waals surface area contributed by atoms with Gasteiger partial charge in [0, 0.05) is 61.7 Å². The van der Waals surface area contributed by atoms with E-state index in [1.807, 2.05) is 54.6 Å². The van der Waals surface area contributed by atoms with Gasteiger partial charge >= 0.3 is 12.3 Å². The fourth-order valence-corrected chi connectivity index (χ4v) is 6.08. The van der Waals surface area contributed by atoms with E-state index in [2.05, 4.69) is 5.32 Å². The molecule has 11 heteroatoms. The average molecular weight is 603 g/mol. The maximum Gasteiger partial charge on any atom is 0.430 e. The van der Waals surface area contributed by atoms with Gasteiger partial charge in [0.25, 0.3) is 11.5 Å². The first kappa shape index (κ1) is 29.7. The van der Waals surface area contributed by atoms with Crippen LogP contribution in [0.3, 0.4) is 0 Å². The minimum Gasteiger partial charge on any atom is -0.489 e. The minimum absolute atomic E-state index is 0.0428. The second-order valence-electron chi connectivity index (χ2n) is 10.4. The van der Waals surface area contributed by atoms with Crippen molar-refractivity contribution in [3.8, 4) is 5.75 Å². The van der Waals surface area contributed by atoms with Crippen molar-refractivity contribution in [3.63, 3.8) is 0 Å². The Hall–Kier alpha value is -3.76. The summed E-state index contributed by atoms with van der Waals surface area (Å²) in [6, 6.07) is 22.1. The van der Waals surface area contributed by atoms with Crippen LogP contribution in [0, 0.1) is 0 Å². The molecule has 3 aromatic rings. The second-order valence-corrected chi connectivity index (χ2v) is 10.8. The summed E-state index contributed by atoms with van der Waals surface area (Å²) in [5.41, 5.74) is -2.94. The average Bonchev–Trinajstić information content (AvgIpc) is 2.97. The Morgan fingerprint density at radius 3 is 2.40 bits per heavy atom. The zero-order valence-corrected chi connectivity index (χ0v) is 23.6. The number of carbonyl (C=O) groups is 2. The van der Waals surface area contributed by atoms with Gasteiger partial charge in [-0.05, 0) is 23.8 Å². The number of nitrogens with zero attached hydrogens (tertiary/aromatic N) is 1. The lowest BCUT2D eigenvalue weighted by Crippen LogP contribution is -2.62. The molecule has 2 fully saturated rings. The van der Waals surface area contributed by atoms with Crippen molar-refractivity contribution < 1.29 is 37.0 Å². The molecule has 0 radical (unpaired) electrons. The molecule has 2 amide bonds. The number of hydrogen-bond acceptors (Lipinski definition) is 5. The first-order valence-corrected chi connectivity index (χ1v) is 13.9. The molecular formula is C31H30ClF3N2O5. The maximum atomic E-state index is 14.6. The van der Waals surface area contributed by atoms with E-state index >= 15 is 0 Å². The molecule has 1 N–H and O–H groups in total. The van der Waals surface area contributed by atoms with Crippen LogP contribution in [-0.4, -0.2) is 55.4 Å². The van der Waals surface area contributed by atoms with Crippen molar-refractivity contribution >= 4 is 23.6 Å². The number of halogens is 4. The number of methoxy groups -OCH3 is 1. The Bertz CT molecular complexity index is 1430. The highest BCUT2D eigenvalue weighted by molar-refractivity contribution is 6.30. The van der Waals surface area contributed by atoms with Crippen molar-refractivity contribution in [2.45, 2.75) is 42.7 Å². The Labute approximate surface area is 246 Å². The Kier molecular flexibility index (Phi) is 8.39. The van der Waals surface area contributed by atoms with Crippen molar-refractivity contribution in [3.05, 3.63) is 101 Å². The van der Waals surface area contributed by atoms with Gasteiger partial charge in [-0.2, -0.15) is 13.2 Å². The van der Waals surface area contributed by atoms with Gasteiger partial charge in [-0.3, -0.25) is 4.79 Å². The monoisotopic (exact) mass is 602 g/mol. The molecule has 42 heavy (non-hydrogen) atoms. The van der Waals surface area contributed by atoms with E-state index in [0.29, 0.717) is 12.4 Å². The highest BCUT2D eigenvalue weighted by Gasteiger charge is 2.64. The number of para-hydroxylation sites is 1. The normalized spacial score (nSPS) is 19.9. The van der Waals surface area contributed by atoms with Crippen molar-refractivity contribution in [1.29, 1.82) is 0 Å². The smallest absolute Gasteiger partial charge is 0.430 e. The lowest BCUT2D eigenvalue weighted by Gasteiger charge is -2.49. The molecule has 5 rings (SSSR count). The predicted molar refractivity (Wildman–Crippen MR) is 149 cm³/mol. The van der Waals surface area contributed by atoms with Crippen LogP contribution in [0.2, 0.25) is 5.02 Å². The SMILES string of the molecule is CO[C@](C(=O)N1CCC2(CC1)OC(=O)NC[C@@H]2c1ccccc1OCc1ccccc1)(c1cccc(Cl)c1)C(F)(F)F. The highest BCUT2D eigenvalue weighted by atomic mass is 35.5. The topological polar surface area (TPSA) is 77.1 Å². The van der Waals surface area contributed by atoms with Gasteiger partial charge in [-0.25, -0.2) is 4.79 Å². The summed E-state index contributed by atoms with van der Waals surface area (Å²) in [6.45, 7) is 0.396. The van der Waals surface area contributed by atoms with Crippen LogP contribution in [-0.2, 0) is 26.5 Å². The third-order valence-electron chi connectivity index (χ3n) is 8.05. The number of benzene rings is 3. The number of alkyl halides is 3. The molecule has 0 saturated carbocycles. The molecule has 0 aromatic heterocycles. The number of rotatable bonds is 7. The zero-order valence-electron chi connectivity index (χ0n) is 22.8. The molecule has 2 aliphatic heterocycles. The molecule has 2 saturated heterocycles. The summed E-state index contributed by atoms with van der Waals surface area (Å²) < 4.78 is 60.9. The number of hydrogen-bond donors (Lipinski definition) is 1. The van der Waals surface area contributed by atoms with Crippen LogP contribution in [0.25, 0.3) is 0 Å². The molecule has 1 spiro atoms. The van der Waals surface area contributed by atoms with Crippen LogP contribution < -0.4 is 10.1 Å². The number of carbonyl (C=O) groups excluding carboxylic acids is 2. The summed E-state index contributed by atoms with van der Waals surface area (Å²) in [4.78, 5) is 27.2. The van der Waals surface area contributed by atoms with Gasteiger partial charge in [-0.1, -0.05) is 72.3 Å². The molecule has 0 aliphatic carbocycles. The largest absolute Gasteiger partial charge is 0.489 e. The number of nitrogens with one attached hydrogen (secondary N) is 1. The molecular weight excluding hydrogens is 573 g/mol. The van der Waals surface area contributed by atoms with Crippen LogP contribution in [0.15, 0.2) is 78.9 Å². The van der Waals surface area contributed by atoms with E-state index in [9.17, 15) is 22.8 Å². The van der Waals surface area contributed by atoms with Gasteiger partial charge in [0.1, 0.15) is 18.0 Å². The van der Waals surface area contributed by atoms with Gasteiger partial charge in [0.15, 0.2) is 0 Å². The number of alkyl carbamates (subject to hydrolysis) is 1. The summed E-state index contributed by atoms with van der Waals surface area (Å²) in [5.74, 6) is -1.01. The first-order chi connectivity index (χ1) is 20.1. The predicted octanol–water partition coefficient (Wildman–Crippen LogP) is 6.21. The van der Waals surface area contributed by atoms with E-state index in [4.69, 9.17) is 25.8 Å². The molecule has 7 nitrogen and oxygen atoms in total. The second kappa shape index (κ2) is 11.9. The number of ether oxygens (including phenoxy) is 3. The van der Waals surface area contributed by atoms with Crippen molar-refractivity contribution in [2.24, 2.45) is 0 Å². The number of amides is 2. The van der Waals surface area contributed by atoms with E-state index < -0.39 is 34.9 Å². The highest BCUT2D eigenvalue weighted by Crippen LogP contribution is 2.48. The molecule has 2 heterocycles. The zero-order chi connectivity index (χ0) is 30.0. The van der Waals surface area contributed by atoms with E-state index in [-0.39, 0.29) is 43.4 Å². The van der Waals surface area contributed by atoms with Gasteiger partial charge in [0.2, 0.25) is 0 Å². The molecule has 2 atom stereocenters. The van der Waals surface area contributed by atoms with Crippen LogP contribution in [0.5, 0.6) is 5.75 Å². The summed E-state index contributed by atoms with van der Waals surface area (Å²) >= 11 is 5.99. The van der Waals surface area contributed by atoms with Gasteiger partial charge in [0.05, 0.1) is 0 Å². The summed E-state index contributed by atoms with van der Waals surface area (Å²) in [7, 11) is 0.856. The molecule has 0 unspecified atom stereocenters. The molecule has 3 aromatic carbocycles. The maximum absolute atomic E-state index is 14.6. The van der Waals surface area contributed by atoms with Crippen LogP contribution in [0.4, 0.5) is 18.0 Å². The van der Waals surface area contributed by atoms with Gasteiger partial charge < -0.3 is 24.4 Å². The summed E-state index contributed by atoms with van der Waals surface area (Å²) in [6.07, 6.45) is -5.44. The number of likely N-dealkylation sites (tertiary alicyclic amines) is 1. The van der Waals surface area contributed by atoms with Crippen molar-refractivity contribution in [2.75, 3.05) is 26.7 Å². The van der Waals surface area contributed by atoms with E-state index in [1.54, 1.807) is 0 Å². The minimum atomic E-state index is -5.07. The van der Waals surface area contributed by atoms with Gasteiger partial charge in [-0.15, -0.1) is 0 Å². The Balaban J connectivity index is 1.41. The van der Waals surface area contributed by atoms with Crippen LogP contribution >= 0.6 is 11.6 Å². The molecule has 0 bridgehead atoms.